The summed E-state index contributed by atoms with van der Waals surface area (Å²) in [5, 5.41) is 2.91. The lowest BCUT2D eigenvalue weighted by molar-refractivity contribution is -0.121. The van der Waals surface area contributed by atoms with E-state index in [4.69, 9.17) is 4.74 Å². The number of piperazine rings is 1. The van der Waals surface area contributed by atoms with Gasteiger partial charge < -0.3 is 19.9 Å². The quantitative estimate of drug-likeness (QED) is 0.902. The fraction of sp³-hybridized carbons (Fsp3) is 0.333. The molecule has 0 saturated carbocycles. The monoisotopic (exact) mass is 367 g/mol. The van der Waals surface area contributed by atoms with Gasteiger partial charge in [-0.25, -0.2) is 4.79 Å². The summed E-state index contributed by atoms with van der Waals surface area (Å²) in [6.45, 7) is 6.39. The highest BCUT2D eigenvalue weighted by Crippen LogP contribution is 2.25. The number of hydrogen-bond acceptors (Lipinski definition) is 3. The van der Waals surface area contributed by atoms with E-state index >= 15 is 0 Å². The highest BCUT2D eigenvalue weighted by molar-refractivity contribution is 6.00. The lowest BCUT2D eigenvalue weighted by Gasteiger charge is -2.39. The molecule has 1 fully saturated rings. The summed E-state index contributed by atoms with van der Waals surface area (Å²) in [5.74, 6) is 0.583. The highest BCUT2D eigenvalue weighted by Gasteiger charge is 2.33. The van der Waals surface area contributed by atoms with Crippen LogP contribution in [0.4, 0.5) is 16.2 Å². The van der Waals surface area contributed by atoms with Crippen LogP contribution in [0.15, 0.2) is 42.5 Å². The summed E-state index contributed by atoms with van der Waals surface area (Å²) >= 11 is 0. The Bertz CT molecular complexity index is 845. The zero-order chi connectivity index (χ0) is 19.6. The molecule has 0 unspecified atom stereocenters. The number of benzene rings is 2. The van der Waals surface area contributed by atoms with E-state index in [1.54, 1.807) is 16.9 Å². The third kappa shape index (κ3) is 4.22. The lowest BCUT2D eigenvalue weighted by Crippen LogP contribution is -2.58. The van der Waals surface area contributed by atoms with E-state index in [0.29, 0.717) is 12.3 Å². The minimum absolute atomic E-state index is 0.0367. The SMILES string of the molecule is COc1cccc(N2C[C@@H](C)N(C(=O)Nc3cc(C)cc(C)c3)CC2=O)c1. The van der Waals surface area contributed by atoms with Crippen molar-refractivity contribution in [2.24, 2.45) is 0 Å². The third-order valence-electron chi connectivity index (χ3n) is 4.68. The largest absolute Gasteiger partial charge is 0.497 e. The number of rotatable bonds is 3. The van der Waals surface area contributed by atoms with Crippen molar-refractivity contribution in [3.05, 3.63) is 53.6 Å². The van der Waals surface area contributed by atoms with Crippen LogP contribution >= 0.6 is 0 Å². The van der Waals surface area contributed by atoms with Gasteiger partial charge in [0.1, 0.15) is 12.3 Å². The highest BCUT2D eigenvalue weighted by atomic mass is 16.5. The minimum atomic E-state index is -0.258. The standard InChI is InChI=1S/C21H25N3O3/c1-14-8-15(2)10-17(9-14)22-21(26)23-13-20(25)24(12-16(23)3)18-6-5-7-19(11-18)27-4/h5-11,16H,12-13H2,1-4H3,(H,22,26)/t16-/m1/s1. The molecule has 27 heavy (non-hydrogen) atoms. The van der Waals surface area contributed by atoms with Crippen LogP contribution in [0.25, 0.3) is 0 Å². The summed E-state index contributed by atoms with van der Waals surface area (Å²) in [6, 6.07) is 12.9. The van der Waals surface area contributed by atoms with Crippen molar-refractivity contribution in [1.29, 1.82) is 0 Å². The number of anilines is 2. The van der Waals surface area contributed by atoms with Gasteiger partial charge in [0.05, 0.1) is 7.11 Å². The Morgan fingerprint density at radius 3 is 2.52 bits per heavy atom. The molecule has 0 spiro atoms. The molecule has 1 saturated heterocycles. The maximum Gasteiger partial charge on any atom is 0.322 e. The van der Waals surface area contributed by atoms with E-state index < -0.39 is 0 Å². The fourth-order valence-electron chi connectivity index (χ4n) is 3.39. The normalized spacial score (nSPS) is 17.0. The smallest absolute Gasteiger partial charge is 0.322 e. The summed E-state index contributed by atoms with van der Waals surface area (Å²) in [6.07, 6.45) is 0. The van der Waals surface area contributed by atoms with Gasteiger partial charge >= 0.3 is 6.03 Å². The predicted molar refractivity (Wildman–Crippen MR) is 106 cm³/mol. The Labute approximate surface area is 159 Å². The van der Waals surface area contributed by atoms with Gasteiger partial charge in [0.2, 0.25) is 5.91 Å². The van der Waals surface area contributed by atoms with Crippen LogP contribution in [0.5, 0.6) is 5.75 Å². The molecule has 6 heteroatoms. The predicted octanol–water partition coefficient (Wildman–Crippen LogP) is 3.58. The van der Waals surface area contributed by atoms with Gasteiger partial charge in [-0.15, -0.1) is 0 Å². The second-order valence-corrected chi connectivity index (χ2v) is 6.99. The summed E-state index contributed by atoms with van der Waals surface area (Å²) in [5.41, 5.74) is 3.68. The molecular weight excluding hydrogens is 342 g/mol. The van der Waals surface area contributed by atoms with Crippen LogP contribution in [0.2, 0.25) is 0 Å². The van der Waals surface area contributed by atoms with Crippen molar-refractivity contribution in [3.8, 4) is 5.75 Å². The second-order valence-electron chi connectivity index (χ2n) is 6.99. The van der Waals surface area contributed by atoms with E-state index in [1.807, 2.05) is 57.2 Å². The molecular formula is C21H25N3O3. The first-order valence-corrected chi connectivity index (χ1v) is 8.97. The number of methoxy groups -OCH3 is 1. The molecule has 1 atom stereocenters. The summed E-state index contributed by atoms with van der Waals surface area (Å²) < 4.78 is 5.24. The fourth-order valence-corrected chi connectivity index (χ4v) is 3.39. The molecule has 2 aromatic rings. The van der Waals surface area contributed by atoms with Crippen LogP contribution < -0.4 is 15.0 Å². The average molecular weight is 367 g/mol. The number of ether oxygens (including phenoxy) is 1. The molecule has 1 heterocycles. The van der Waals surface area contributed by atoms with Gasteiger partial charge in [0.15, 0.2) is 0 Å². The Hall–Kier alpha value is -3.02. The van der Waals surface area contributed by atoms with Crippen molar-refractivity contribution >= 4 is 23.3 Å². The van der Waals surface area contributed by atoms with Crippen molar-refractivity contribution in [1.82, 2.24) is 4.90 Å². The van der Waals surface area contributed by atoms with Gasteiger partial charge in [-0.3, -0.25) is 4.79 Å². The number of amides is 3. The molecule has 0 aromatic heterocycles. The van der Waals surface area contributed by atoms with Crippen molar-refractivity contribution in [3.63, 3.8) is 0 Å². The summed E-state index contributed by atoms with van der Waals surface area (Å²) in [4.78, 5) is 28.7. The van der Waals surface area contributed by atoms with E-state index in [0.717, 1.165) is 22.5 Å². The van der Waals surface area contributed by atoms with Gasteiger partial charge in [0.25, 0.3) is 0 Å². The molecule has 3 amide bonds. The Kier molecular flexibility index (Phi) is 5.35. The number of nitrogens with zero attached hydrogens (tertiary/aromatic N) is 2. The average Bonchev–Trinajstić information content (AvgIpc) is 2.62. The minimum Gasteiger partial charge on any atom is -0.497 e. The molecule has 142 valence electrons. The molecule has 1 aliphatic heterocycles. The molecule has 3 rings (SSSR count). The lowest BCUT2D eigenvalue weighted by atomic mass is 10.1. The molecule has 0 bridgehead atoms. The second kappa shape index (κ2) is 7.70. The van der Waals surface area contributed by atoms with E-state index in [1.165, 1.54) is 0 Å². The molecule has 2 aromatic carbocycles. The molecule has 1 N–H and O–H groups in total. The molecule has 6 nitrogen and oxygen atoms in total. The number of hydrogen-bond donors (Lipinski definition) is 1. The Balaban J connectivity index is 1.72. The maximum atomic E-state index is 12.7. The van der Waals surface area contributed by atoms with Crippen LogP contribution in [-0.2, 0) is 4.79 Å². The van der Waals surface area contributed by atoms with Crippen LogP contribution in [0.1, 0.15) is 18.1 Å². The molecule has 0 radical (unpaired) electrons. The molecule has 0 aliphatic carbocycles. The van der Waals surface area contributed by atoms with Crippen LogP contribution in [0, 0.1) is 13.8 Å². The first kappa shape index (κ1) is 18.8. The maximum absolute atomic E-state index is 12.7. The van der Waals surface area contributed by atoms with E-state index in [-0.39, 0.29) is 24.5 Å². The third-order valence-corrected chi connectivity index (χ3v) is 4.68. The molecule has 1 aliphatic rings. The number of carbonyl (C=O) groups is 2. The van der Waals surface area contributed by atoms with Crippen LogP contribution in [-0.4, -0.2) is 43.1 Å². The Morgan fingerprint density at radius 1 is 1.15 bits per heavy atom. The topological polar surface area (TPSA) is 61.9 Å². The van der Waals surface area contributed by atoms with Gasteiger partial charge in [-0.2, -0.15) is 0 Å². The number of carbonyl (C=O) groups excluding carboxylic acids is 2. The van der Waals surface area contributed by atoms with Crippen LogP contribution in [0.3, 0.4) is 0 Å². The van der Waals surface area contributed by atoms with Crippen molar-refractivity contribution < 1.29 is 14.3 Å². The van der Waals surface area contributed by atoms with Gasteiger partial charge in [0, 0.05) is 30.0 Å². The van der Waals surface area contributed by atoms with Gasteiger partial charge in [-0.1, -0.05) is 12.1 Å². The number of aryl methyl sites for hydroxylation is 2. The first-order valence-electron chi connectivity index (χ1n) is 8.97. The first-order chi connectivity index (χ1) is 12.9. The van der Waals surface area contributed by atoms with E-state index in [9.17, 15) is 9.59 Å². The number of urea groups is 1. The van der Waals surface area contributed by atoms with Crippen molar-refractivity contribution in [2.75, 3.05) is 30.4 Å². The Morgan fingerprint density at radius 2 is 1.85 bits per heavy atom. The number of nitrogens with one attached hydrogen (secondary N) is 1. The van der Waals surface area contributed by atoms with Gasteiger partial charge in [-0.05, 0) is 56.2 Å². The van der Waals surface area contributed by atoms with Crippen molar-refractivity contribution in [2.45, 2.75) is 26.8 Å². The summed E-state index contributed by atoms with van der Waals surface area (Å²) in [7, 11) is 1.60. The zero-order valence-corrected chi connectivity index (χ0v) is 16.2. The van der Waals surface area contributed by atoms with E-state index in [2.05, 4.69) is 11.4 Å². The zero-order valence-electron chi connectivity index (χ0n) is 16.2.